The van der Waals surface area contributed by atoms with Crippen LogP contribution >= 0.6 is 11.6 Å². The predicted octanol–water partition coefficient (Wildman–Crippen LogP) is 4.00. The SMILES string of the molecule is Clc1cccc(-c2noc(-c3ccnc4ccncc34)n2)c1. The smallest absolute Gasteiger partial charge is 0.259 e. The summed E-state index contributed by atoms with van der Waals surface area (Å²) in [5, 5.41) is 5.52. The maximum Gasteiger partial charge on any atom is 0.259 e. The topological polar surface area (TPSA) is 64.7 Å². The van der Waals surface area contributed by atoms with Crippen LogP contribution in [0.5, 0.6) is 0 Å². The maximum absolute atomic E-state index is 5.99. The van der Waals surface area contributed by atoms with E-state index in [-0.39, 0.29) is 0 Å². The summed E-state index contributed by atoms with van der Waals surface area (Å²) in [7, 11) is 0. The molecule has 0 fully saturated rings. The first-order chi connectivity index (χ1) is 10.8. The van der Waals surface area contributed by atoms with Gasteiger partial charge in [-0.25, -0.2) is 0 Å². The fraction of sp³-hybridized carbons (Fsp3) is 0. The summed E-state index contributed by atoms with van der Waals surface area (Å²) >= 11 is 5.99. The minimum Gasteiger partial charge on any atom is -0.334 e. The Kier molecular flexibility index (Phi) is 3.05. The highest BCUT2D eigenvalue weighted by atomic mass is 35.5. The molecular formula is C16H9ClN4O. The second-order valence-electron chi connectivity index (χ2n) is 4.68. The molecule has 3 heterocycles. The van der Waals surface area contributed by atoms with Gasteiger partial charge >= 0.3 is 0 Å². The molecule has 0 aliphatic carbocycles. The van der Waals surface area contributed by atoms with Crippen molar-refractivity contribution in [3.05, 3.63) is 60.0 Å². The molecule has 4 rings (SSSR count). The number of hydrogen-bond acceptors (Lipinski definition) is 5. The molecule has 0 amide bonds. The lowest BCUT2D eigenvalue weighted by atomic mass is 10.1. The van der Waals surface area contributed by atoms with Gasteiger partial charge in [0.25, 0.3) is 5.89 Å². The van der Waals surface area contributed by atoms with E-state index in [1.54, 1.807) is 30.7 Å². The monoisotopic (exact) mass is 308 g/mol. The molecule has 6 heteroatoms. The Morgan fingerprint density at radius 2 is 2.00 bits per heavy atom. The lowest BCUT2D eigenvalue weighted by molar-refractivity contribution is 0.432. The van der Waals surface area contributed by atoms with E-state index < -0.39 is 0 Å². The van der Waals surface area contributed by atoms with E-state index in [4.69, 9.17) is 16.1 Å². The molecule has 0 radical (unpaired) electrons. The third-order valence-electron chi connectivity index (χ3n) is 3.28. The van der Waals surface area contributed by atoms with E-state index >= 15 is 0 Å². The standard InChI is InChI=1S/C16H9ClN4O/c17-11-3-1-2-10(8-11)15-20-16(22-21-15)12-4-7-19-14-5-6-18-9-13(12)14/h1-9H. The van der Waals surface area contributed by atoms with Crippen LogP contribution in [0.1, 0.15) is 0 Å². The highest BCUT2D eigenvalue weighted by Crippen LogP contribution is 2.28. The van der Waals surface area contributed by atoms with Crippen LogP contribution in [0, 0.1) is 0 Å². The van der Waals surface area contributed by atoms with Crippen molar-refractivity contribution in [3.8, 4) is 22.8 Å². The first-order valence-corrected chi connectivity index (χ1v) is 6.98. The van der Waals surface area contributed by atoms with Crippen LogP contribution < -0.4 is 0 Å². The lowest BCUT2D eigenvalue weighted by Gasteiger charge is -1.99. The van der Waals surface area contributed by atoms with E-state index in [2.05, 4.69) is 20.1 Å². The van der Waals surface area contributed by atoms with Crippen molar-refractivity contribution in [1.82, 2.24) is 20.1 Å². The summed E-state index contributed by atoms with van der Waals surface area (Å²) in [6, 6.07) is 11.0. The predicted molar refractivity (Wildman–Crippen MR) is 83.3 cm³/mol. The maximum atomic E-state index is 5.99. The summed E-state index contributed by atoms with van der Waals surface area (Å²) in [5.41, 5.74) is 2.44. The van der Waals surface area contributed by atoms with Gasteiger partial charge in [-0.1, -0.05) is 28.9 Å². The molecule has 4 aromatic rings. The van der Waals surface area contributed by atoms with E-state index in [1.807, 2.05) is 24.3 Å². The van der Waals surface area contributed by atoms with Gasteiger partial charge in [-0.05, 0) is 24.3 Å². The average molecular weight is 309 g/mol. The molecule has 0 N–H and O–H groups in total. The molecule has 3 aromatic heterocycles. The number of nitrogens with zero attached hydrogens (tertiary/aromatic N) is 4. The minimum atomic E-state index is 0.426. The van der Waals surface area contributed by atoms with Crippen molar-refractivity contribution < 1.29 is 4.52 Å². The third kappa shape index (κ3) is 2.21. The number of halogens is 1. The van der Waals surface area contributed by atoms with Gasteiger partial charge < -0.3 is 4.52 Å². The van der Waals surface area contributed by atoms with E-state index in [0.717, 1.165) is 22.0 Å². The Bertz CT molecular complexity index is 962. The van der Waals surface area contributed by atoms with Crippen LogP contribution in [0.3, 0.4) is 0 Å². The van der Waals surface area contributed by atoms with Gasteiger partial charge in [-0.15, -0.1) is 0 Å². The molecule has 0 atom stereocenters. The number of aromatic nitrogens is 4. The zero-order valence-electron chi connectivity index (χ0n) is 11.3. The molecule has 5 nitrogen and oxygen atoms in total. The van der Waals surface area contributed by atoms with E-state index in [9.17, 15) is 0 Å². The first-order valence-electron chi connectivity index (χ1n) is 6.60. The van der Waals surface area contributed by atoms with Gasteiger partial charge in [-0.3, -0.25) is 9.97 Å². The lowest BCUT2D eigenvalue weighted by Crippen LogP contribution is -1.86. The normalized spacial score (nSPS) is 11.0. The summed E-state index contributed by atoms with van der Waals surface area (Å²) < 4.78 is 5.39. The number of fused-ring (bicyclic) bond motifs is 1. The molecule has 0 saturated carbocycles. The van der Waals surface area contributed by atoms with Gasteiger partial charge in [-0.2, -0.15) is 4.98 Å². The molecule has 0 aliphatic rings. The van der Waals surface area contributed by atoms with Crippen LogP contribution in [-0.2, 0) is 0 Å². The number of pyridine rings is 2. The van der Waals surface area contributed by atoms with Crippen LogP contribution in [0.15, 0.2) is 59.5 Å². The quantitative estimate of drug-likeness (QED) is 0.560. The molecule has 0 spiro atoms. The van der Waals surface area contributed by atoms with Crippen molar-refractivity contribution >= 4 is 22.5 Å². The Morgan fingerprint density at radius 1 is 1.05 bits per heavy atom. The number of hydrogen-bond donors (Lipinski definition) is 0. The molecule has 0 bridgehead atoms. The highest BCUT2D eigenvalue weighted by molar-refractivity contribution is 6.30. The van der Waals surface area contributed by atoms with Crippen molar-refractivity contribution in [2.24, 2.45) is 0 Å². The molecule has 1 aromatic carbocycles. The summed E-state index contributed by atoms with van der Waals surface area (Å²) in [4.78, 5) is 12.9. The number of rotatable bonds is 2. The Hall–Kier alpha value is -2.79. The fourth-order valence-corrected chi connectivity index (χ4v) is 2.44. The number of benzene rings is 1. The largest absolute Gasteiger partial charge is 0.334 e. The second-order valence-corrected chi connectivity index (χ2v) is 5.12. The summed E-state index contributed by atoms with van der Waals surface area (Å²) in [5.74, 6) is 0.918. The summed E-state index contributed by atoms with van der Waals surface area (Å²) in [6.45, 7) is 0. The van der Waals surface area contributed by atoms with Crippen LogP contribution in [0.4, 0.5) is 0 Å². The molecule has 106 valence electrons. The Morgan fingerprint density at radius 3 is 2.91 bits per heavy atom. The van der Waals surface area contributed by atoms with Gasteiger partial charge in [0.2, 0.25) is 5.82 Å². The van der Waals surface area contributed by atoms with E-state index in [0.29, 0.717) is 16.7 Å². The Labute approximate surface area is 130 Å². The van der Waals surface area contributed by atoms with Crippen molar-refractivity contribution in [2.45, 2.75) is 0 Å². The molecule has 0 aliphatic heterocycles. The zero-order valence-corrected chi connectivity index (χ0v) is 12.0. The van der Waals surface area contributed by atoms with Gasteiger partial charge in [0, 0.05) is 34.6 Å². The van der Waals surface area contributed by atoms with Crippen LogP contribution in [0.2, 0.25) is 5.02 Å². The van der Waals surface area contributed by atoms with Crippen LogP contribution in [-0.4, -0.2) is 20.1 Å². The van der Waals surface area contributed by atoms with Crippen molar-refractivity contribution in [2.75, 3.05) is 0 Å². The zero-order chi connectivity index (χ0) is 14.9. The molecule has 22 heavy (non-hydrogen) atoms. The molecule has 0 unspecified atom stereocenters. The second kappa shape index (κ2) is 5.20. The fourth-order valence-electron chi connectivity index (χ4n) is 2.25. The average Bonchev–Trinajstić information content (AvgIpc) is 3.04. The first kappa shape index (κ1) is 12.9. The third-order valence-corrected chi connectivity index (χ3v) is 3.52. The van der Waals surface area contributed by atoms with Gasteiger partial charge in [0.15, 0.2) is 0 Å². The molecular weight excluding hydrogens is 300 g/mol. The van der Waals surface area contributed by atoms with Crippen LogP contribution in [0.25, 0.3) is 33.7 Å². The van der Waals surface area contributed by atoms with Crippen molar-refractivity contribution in [3.63, 3.8) is 0 Å². The highest BCUT2D eigenvalue weighted by Gasteiger charge is 2.13. The van der Waals surface area contributed by atoms with E-state index in [1.165, 1.54) is 0 Å². The van der Waals surface area contributed by atoms with Crippen molar-refractivity contribution in [1.29, 1.82) is 0 Å². The minimum absolute atomic E-state index is 0.426. The Balaban J connectivity index is 1.84. The summed E-state index contributed by atoms with van der Waals surface area (Å²) in [6.07, 6.45) is 5.15. The van der Waals surface area contributed by atoms with Gasteiger partial charge in [0.05, 0.1) is 11.1 Å². The molecule has 0 saturated heterocycles. The van der Waals surface area contributed by atoms with Gasteiger partial charge in [0.1, 0.15) is 0 Å².